The van der Waals surface area contributed by atoms with Gasteiger partial charge in [-0.25, -0.2) is 4.21 Å². The molecule has 3 heteroatoms. The molecule has 0 saturated carbocycles. The van der Waals surface area contributed by atoms with Gasteiger partial charge in [-0.2, -0.15) is 0 Å². The second kappa shape index (κ2) is 8.52. The Morgan fingerprint density at radius 2 is 1.22 bits per heavy atom. The standard InChI is InChI=1S/C16H12O.C13H10OS/c1-11(17)13-8-9-16-14(10-13)7-6-12-4-2-3-5-15(12)16;14-15-12-7-3-1-5-10(12)9-11-6-2-4-8-13(11)15/h2-10H,1H3;1-8H,9H2. The molecule has 0 amide bonds. The van der Waals surface area contributed by atoms with Crippen LogP contribution in [0.5, 0.6) is 0 Å². The average Bonchev–Trinajstić information content (AvgIpc) is 2.84. The summed E-state index contributed by atoms with van der Waals surface area (Å²) in [6.45, 7) is 1.60. The molecule has 0 unspecified atom stereocenters. The maximum atomic E-state index is 12.2. The Hall–Kier alpha value is -3.56. The highest BCUT2D eigenvalue weighted by Crippen LogP contribution is 2.31. The SMILES string of the molecule is CC(=O)c1ccc2c(ccc3ccccc32)c1.O=S1c2ccccc2Cc2ccccc21. The summed E-state index contributed by atoms with van der Waals surface area (Å²) in [6, 6.07) is 34.3. The molecule has 0 N–H and O–H groups in total. The van der Waals surface area contributed by atoms with Crippen LogP contribution in [0, 0.1) is 0 Å². The van der Waals surface area contributed by atoms with Crippen LogP contribution in [0.15, 0.2) is 113 Å². The molecule has 0 spiro atoms. The van der Waals surface area contributed by atoms with Crippen LogP contribution in [0.1, 0.15) is 28.4 Å². The average molecular weight is 435 g/mol. The minimum atomic E-state index is -0.990. The molecule has 1 aliphatic rings. The zero-order valence-corrected chi connectivity index (χ0v) is 18.6. The summed E-state index contributed by atoms with van der Waals surface area (Å²) in [7, 11) is -0.990. The number of ketones is 1. The Bertz CT molecular complexity index is 1450. The maximum absolute atomic E-state index is 12.2. The van der Waals surface area contributed by atoms with Crippen LogP contribution in [0.2, 0.25) is 0 Å². The van der Waals surface area contributed by atoms with Crippen LogP contribution in [0.3, 0.4) is 0 Å². The predicted octanol–water partition coefficient (Wildman–Crippen LogP) is 6.95. The van der Waals surface area contributed by atoms with Crippen LogP contribution in [0.4, 0.5) is 0 Å². The summed E-state index contributed by atoms with van der Waals surface area (Å²) in [6.07, 6.45) is 0.901. The van der Waals surface area contributed by atoms with Crippen molar-refractivity contribution in [2.45, 2.75) is 23.1 Å². The monoisotopic (exact) mass is 434 g/mol. The lowest BCUT2D eigenvalue weighted by atomic mass is 9.99. The van der Waals surface area contributed by atoms with E-state index < -0.39 is 10.8 Å². The first-order chi connectivity index (χ1) is 15.6. The minimum absolute atomic E-state index is 0.111. The fourth-order valence-corrected chi connectivity index (χ4v) is 5.62. The molecule has 0 atom stereocenters. The fourth-order valence-electron chi connectivity index (χ4n) is 4.22. The van der Waals surface area contributed by atoms with Crippen molar-refractivity contribution >= 4 is 38.1 Å². The summed E-state index contributed by atoms with van der Waals surface area (Å²) in [4.78, 5) is 13.3. The number of carbonyl (C=O) groups is 1. The first-order valence-electron chi connectivity index (χ1n) is 10.6. The quantitative estimate of drug-likeness (QED) is 0.207. The smallest absolute Gasteiger partial charge is 0.159 e. The van der Waals surface area contributed by atoms with Crippen LogP contribution < -0.4 is 0 Å². The molecule has 5 aromatic rings. The molecule has 2 nitrogen and oxygen atoms in total. The minimum Gasteiger partial charge on any atom is -0.295 e. The molecule has 0 aliphatic carbocycles. The Kier molecular flexibility index (Phi) is 5.42. The van der Waals surface area contributed by atoms with Crippen molar-refractivity contribution in [3.8, 4) is 0 Å². The number of fused-ring (bicyclic) bond motifs is 5. The van der Waals surface area contributed by atoms with Crippen molar-refractivity contribution in [2.75, 3.05) is 0 Å². The van der Waals surface area contributed by atoms with E-state index >= 15 is 0 Å². The topological polar surface area (TPSA) is 34.1 Å². The number of hydrogen-bond donors (Lipinski definition) is 0. The van der Waals surface area contributed by atoms with Crippen molar-refractivity contribution in [2.24, 2.45) is 0 Å². The van der Waals surface area contributed by atoms with Gasteiger partial charge in [0.25, 0.3) is 0 Å². The van der Waals surface area contributed by atoms with Crippen LogP contribution in [-0.2, 0) is 17.2 Å². The Labute approximate surface area is 190 Å². The highest BCUT2D eigenvalue weighted by molar-refractivity contribution is 7.85. The van der Waals surface area contributed by atoms with E-state index in [1.165, 1.54) is 27.3 Å². The van der Waals surface area contributed by atoms with Gasteiger partial charge in [0, 0.05) is 15.4 Å². The Balaban J connectivity index is 0.000000136. The first-order valence-corrected chi connectivity index (χ1v) is 11.8. The van der Waals surface area contributed by atoms with Gasteiger partial charge < -0.3 is 0 Å². The van der Waals surface area contributed by atoms with E-state index in [0.29, 0.717) is 0 Å². The van der Waals surface area contributed by atoms with E-state index in [1.807, 2.05) is 66.7 Å². The second-order valence-corrected chi connectivity index (χ2v) is 9.36. The lowest BCUT2D eigenvalue weighted by Gasteiger charge is -2.18. The van der Waals surface area contributed by atoms with Gasteiger partial charge in [0.2, 0.25) is 0 Å². The molecule has 0 aromatic heterocycles. The molecule has 0 radical (unpaired) electrons. The molecule has 1 aliphatic heterocycles. The van der Waals surface area contributed by atoms with Crippen molar-refractivity contribution in [1.29, 1.82) is 0 Å². The molecule has 6 rings (SSSR count). The second-order valence-electron chi connectivity index (χ2n) is 7.94. The molecular formula is C29H22O2S. The van der Waals surface area contributed by atoms with E-state index in [9.17, 15) is 9.00 Å². The van der Waals surface area contributed by atoms with Gasteiger partial charge in [0.1, 0.15) is 0 Å². The van der Waals surface area contributed by atoms with Gasteiger partial charge >= 0.3 is 0 Å². The summed E-state index contributed by atoms with van der Waals surface area (Å²) in [5.74, 6) is 0.111. The largest absolute Gasteiger partial charge is 0.295 e. The lowest BCUT2D eigenvalue weighted by Crippen LogP contribution is -2.08. The van der Waals surface area contributed by atoms with Crippen molar-refractivity contribution in [1.82, 2.24) is 0 Å². The van der Waals surface area contributed by atoms with E-state index in [-0.39, 0.29) is 5.78 Å². The highest BCUT2D eigenvalue weighted by Gasteiger charge is 2.20. The third kappa shape index (κ3) is 3.76. The first kappa shape index (κ1) is 20.3. The zero-order valence-electron chi connectivity index (χ0n) is 17.7. The van der Waals surface area contributed by atoms with Crippen LogP contribution in [-0.4, -0.2) is 9.99 Å². The third-order valence-corrected chi connectivity index (χ3v) is 7.47. The maximum Gasteiger partial charge on any atom is 0.159 e. The molecule has 5 aromatic carbocycles. The van der Waals surface area contributed by atoms with Gasteiger partial charge in [-0.05, 0) is 64.2 Å². The highest BCUT2D eigenvalue weighted by atomic mass is 32.2. The number of benzene rings is 5. The number of carbonyl (C=O) groups excluding carboxylic acids is 1. The van der Waals surface area contributed by atoms with Gasteiger partial charge in [-0.15, -0.1) is 0 Å². The molecule has 1 heterocycles. The number of Topliss-reactive ketones (excluding diaryl/α,β-unsaturated/α-hetero) is 1. The normalized spacial score (nSPS) is 12.5. The number of rotatable bonds is 1. The molecular weight excluding hydrogens is 412 g/mol. The Morgan fingerprint density at radius 3 is 1.91 bits per heavy atom. The van der Waals surface area contributed by atoms with E-state index in [2.05, 4.69) is 36.4 Å². The van der Waals surface area contributed by atoms with Gasteiger partial charge in [0.05, 0.1) is 10.8 Å². The summed E-state index contributed by atoms with van der Waals surface area (Å²) in [5, 5.41) is 4.79. The van der Waals surface area contributed by atoms with Gasteiger partial charge in [0.15, 0.2) is 5.78 Å². The van der Waals surface area contributed by atoms with E-state index in [4.69, 9.17) is 0 Å². The lowest BCUT2D eigenvalue weighted by molar-refractivity contribution is 0.101. The predicted molar refractivity (Wildman–Crippen MR) is 132 cm³/mol. The van der Waals surface area contributed by atoms with Crippen molar-refractivity contribution < 1.29 is 9.00 Å². The summed E-state index contributed by atoms with van der Waals surface area (Å²) < 4.78 is 12.2. The summed E-state index contributed by atoms with van der Waals surface area (Å²) >= 11 is 0. The molecule has 156 valence electrons. The summed E-state index contributed by atoms with van der Waals surface area (Å²) in [5.41, 5.74) is 3.15. The zero-order chi connectivity index (χ0) is 22.1. The molecule has 32 heavy (non-hydrogen) atoms. The fraction of sp³-hybridized carbons (Fsp3) is 0.0690. The third-order valence-electron chi connectivity index (χ3n) is 5.88. The molecule has 0 fully saturated rings. The van der Waals surface area contributed by atoms with Gasteiger partial charge in [-0.3, -0.25) is 4.79 Å². The van der Waals surface area contributed by atoms with Crippen LogP contribution in [0.25, 0.3) is 21.5 Å². The molecule has 0 bridgehead atoms. The van der Waals surface area contributed by atoms with E-state index in [0.717, 1.165) is 27.2 Å². The Morgan fingerprint density at radius 1 is 0.656 bits per heavy atom. The van der Waals surface area contributed by atoms with Gasteiger partial charge in [-0.1, -0.05) is 84.9 Å². The van der Waals surface area contributed by atoms with Crippen molar-refractivity contribution in [3.05, 3.63) is 120 Å². The number of hydrogen-bond acceptors (Lipinski definition) is 2. The van der Waals surface area contributed by atoms with E-state index in [1.54, 1.807) is 6.92 Å². The molecule has 0 saturated heterocycles. The van der Waals surface area contributed by atoms with Crippen molar-refractivity contribution in [3.63, 3.8) is 0 Å². The van der Waals surface area contributed by atoms with Crippen LogP contribution >= 0.6 is 0 Å².